The largest absolute Gasteiger partial charge is 0.496 e. The predicted molar refractivity (Wildman–Crippen MR) is 136 cm³/mol. The van der Waals surface area contributed by atoms with Crippen LogP contribution in [0, 0.1) is 5.92 Å². The molecular formula is C27H37N3O5. The van der Waals surface area contributed by atoms with E-state index in [4.69, 9.17) is 14.2 Å². The Balaban J connectivity index is 1.97. The number of amides is 2. The van der Waals surface area contributed by atoms with Crippen LogP contribution in [0.1, 0.15) is 36.7 Å². The maximum Gasteiger partial charge on any atom is 0.257 e. The molecule has 0 saturated heterocycles. The molecule has 0 fully saturated rings. The number of carbonyl (C=O) groups excluding carboxylic acids is 2. The van der Waals surface area contributed by atoms with Crippen LogP contribution in [-0.2, 0) is 16.1 Å². The first-order valence-corrected chi connectivity index (χ1v) is 11.9. The molecule has 0 aliphatic carbocycles. The van der Waals surface area contributed by atoms with E-state index in [0.717, 1.165) is 17.9 Å². The topological polar surface area (TPSA) is 80.3 Å². The third-order valence-corrected chi connectivity index (χ3v) is 6.46. The summed E-state index contributed by atoms with van der Waals surface area (Å²) >= 11 is 0. The summed E-state index contributed by atoms with van der Waals surface area (Å²) in [6.45, 7) is 7.96. The van der Waals surface area contributed by atoms with E-state index in [2.05, 4.69) is 30.1 Å². The molecule has 0 bridgehead atoms. The fourth-order valence-corrected chi connectivity index (χ4v) is 4.40. The van der Waals surface area contributed by atoms with E-state index in [1.807, 2.05) is 18.2 Å². The second-order valence-corrected chi connectivity index (χ2v) is 9.23. The van der Waals surface area contributed by atoms with E-state index in [9.17, 15) is 9.59 Å². The molecule has 1 aliphatic rings. The van der Waals surface area contributed by atoms with Gasteiger partial charge in [0.05, 0.1) is 18.8 Å². The molecule has 1 heterocycles. The molecule has 0 unspecified atom stereocenters. The van der Waals surface area contributed by atoms with Gasteiger partial charge in [-0.15, -0.1) is 0 Å². The second-order valence-electron chi connectivity index (χ2n) is 9.23. The highest BCUT2D eigenvalue weighted by Crippen LogP contribution is 2.28. The van der Waals surface area contributed by atoms with Crippen molar-refractivity contribution in [1.29, 1.82) is 0 Å². The number of nitrogens with one attached hydrogen (secondary N) is 1. The van der Waals surface area contributed by atoms with Gasteiger partial charge in [0.1, 0.15) is 18.1 Å². The number of nitrogens with zero attached hydrogens (tertiary/aromatic N) is 2. The maximum atomic E-state index is 13.3. The highest BCUT2D eigenvalue weighted by Gasteiger charge is 2.28. The minimum Gasteiger partial charge on any atom is -0.496 e. The van der Waals surface area contributed by atoms with Gasteiger partial charge in [-0.1, -0.05) is 25.1 Å². The molecule has 0 spiro atoms. The lowest BCUT2D eigenvalue weighted by Crippen LogP contribution is -2.46. The number of hydrogen-bond donors (Lipinski definition) is 1. The average Bonchev–Trinajstić information content (AvgIpc) is 2.84. The van der Waals surface area contributed by atoms with Crippen LogP contribution in [0.4, 0.5) is 5.69 Å². The van der Waals surface area contributed by atoms with Gasteiger partial charge in [0.2, 0.25) is 5.91 Å². The summed E-state index contributed by atoms with van der Waals surface area (Å²) in [5, 5.41) is 2.77. The Morgan fingerprint density at radius 2 is 1.89 bits per heavy atom. The van der Waals surface area contributed by atoms with Crippen LogP contribution < -0.4 is 14.8 Å². The van der Waals surface area contributed by atoms with Crippen LogP contribution in [0.3, 0.4) is 0 Å². The minimum atomic E-state index is -0.185. The third kappa shape index (κ3) is 6.74. The quantitative estimate of drug-likeness (QED) is 0.699. The average molecular weight is 484 g/mol. The Labute approximate surface area is 208 Å². The second kappa shape index (κ2) is 12.0. The number of hydrogen-bond acceptors (Lipinski definition) is 6. The number of rotatable bonds is 5. The van der Waals surface area contributed by atoms with Crippen molar-refractivity contribution in [3.63, 3.8) is 0 Å². The molecular weight excluding hydrogens is 446 g/mol. The zero-order chi connectivity index (χ0) is 25.5. The van der Waals surface area contributed by atoms with Gasteiger partial charge in [0.15, 0.2) is 0 Å². The van der Waals surface area contributed by atoms with Gasteiger partial charge in [0, 0.05) is 64.1 Å². The monoisotopic (exact) mass is 483 g/mol. The van der Waals surface area contributed by atoms with Gasteiger partial charge in [-0.2, -0.15) is 0 Å². The minimum absolute atomic E-state index is 0.0319. The van der Waals surface area contributed by atoms with Crippen molar-refractivity contribution in [1.82, 2.24) is 9.80 Å². The van der Waals surface area contributed by atoms with E-state index in [0.29, 0.717) is 36.7 Å². The van der Waals surface area contributed by atoms with E-state index in [-0.39, 0.29) is 29.9 Å². The summed E-state index contributed by atoms with van der Waals surface area (Å²) in [5.74, 6) is 1.11. The molecule has 1 aliphatic heterocycles. The number of likely N-dealkylation sites (N-methyl/N-ethyl adjacent to an activating group) is 1. The van der Waals surface area contributed by atoms with Crippen molar-refractivity contribution in [2.75, 3.05) is 46.3 Å². The normalized spacial score (nSPS) is 21.8. The highest BCUT2D eigenvalue weighted by atomic mass is 16.5. The first-order valence-electron chi connectivity index (χ1n) is 11.9. The standard InChI is InChI=1S/C27H37N3O5/c1-18-14-30(15-21-9-7-8-10-24(21)33-5)19(2)17-35-25-13-22(28-20(3)31)11-12-23(25)27(32)29(4)16-26(18)34-6/h7-13,18-19,26H,14-17H2,1-6H3,(H,28,31)/t18-,19+,26-/m0/s1. The Hall–Kier alpha value is -3.10. The smallest absolute Gasteiger partial charge is 0.257 e. The lowest BCUT2D eigenvalue weighted by molar-refractivity contribution is -0.114. The van der Waals surface area contributed by atoms with Crippen LogP contribution >= 0.6 is 0 Å². The molecule has 2 aromatic rings. The number of fused-ring (bicyclic) bond motifs is 1. The van der Waals surface area contributed by atoms with Gasteiger partial charge in [-0.05, 0) is 31.0 Å². The molecule has 0 aromatic heterocycles. The van der Waals surface area contributed by atoms with E-state index >= 15 is 0 Å². The molecule has 8 heteroatoms. The van der Waals surface area contributed by atoms with Crippen LogP contribution in [0.5, 0.6) is 11.5 Å². The Morgan fingerprint density at radius 1 is 1.14 bits per heavy atom. The number of carbonyl (C=O) groups is 2. The van der Waals surface area contributed by atoms with Crippen molar-refractivity contribution in [2.24, 2.45) is 5.92 Å². The number of benzene rings is 2. The summed E-state index contributed by atoms with van der Waals surface area (Å²) in [6.07, 6.45) is -0.140. The van der Waals surface area contributed by atoms with Crippen molar-refractivity contribution in [3.8, 4) is 11.5 Å². The van der Waals surface area contributed by atoms with Gasteiger partial charge >= 0.3 is 0 Å². The summed E-state index contributed by atoms with van der Waals surface area (Å²) < 4.78 is 17.6. The van der Waals surface area contributed by atoms with Crippen LogP contribution in [0.15, 0.2) is 42.5 Å². The van der Waals surface area contributed by atoms with E-state index in [1.165, 1.54) is 6.92 Å². The number of methoxy groups -OCH3 is 2. The van der Waals surface area contributed by atoms with Crippen molar-refractivity contribution >= 4 is 17.5 Å². The molecule has 2 aromatic carbocycles. The number of ether oxygens (including phenoxy) is 3. The Bertz CT molecular complexity index is 1030. The summed E-state index contributed by atoms with van der Waals surface area (Å²) in [6, 6.07) is 13.2. The predicted octanol–water partition coefficient (Wildman–Crippen LogP) is 3.66. The molecule has 0 saturated carbocycles. The van der Waals surface area contributed by atoms with Gasteiger partial charge in [-0.25, -0.2) is 0 Å². The van der Waals surface area contributed by atoms with Gasteiger partial charge < -0.3 is 24.4 Å². The summed E-state index contributed by atoms with van der Waals surface area (Å²) in [4.78, 5) is 28.9. The van der Waals surface area contributed by atoms with Crippen LogP contribution in [0.2, 0.25) is 0 Å². The van der Waals surface area contributed by atoms with Crippen molar-refractivity contribution in [2.45, 2.75) is 39.5 Å². The summed E-state index contributed by atoms with van der Waals surface area (Å²) in [5.41, 5.74) is 2.13. The molecule has 0 radical (unpaired) electrons. The molecule has 35 heavy (non-hydrogen) atoms. The van der Waals surface area contributed by atoms with E-state index < -0.39 is 0 Å². The lowest BCUT2D eigenvalue weighted by atomic mass is 10.0. The number of anilines is 1. The Morgan fingerprint density at radius 3 is 2.57 bits per heavy atom. The first kappa shape index (κ1) is 26.5. The van der Waals surface area contributed by atoms with E-state index in [1.54, 1.807) is 44.4 Å². The lowest BCUT2D eigenvalue weighted by Gasteiger charge is -2.36. The van der Waals surface area contributed by atoms with Gasteiger partial charge in [0.25, 0.3) is 5.91 Å². The SMILES string of the molecule is COc1ccccc1CN1C[C@H](C)[C@@H](OC)CN(C)C(=O)c2ccc(NC(C)=O)cc2OC[C@H]1C. The van der Waals surface area contributed by atoms with Crippen LogP contribution in [-0.4, -0.2) is 74.7 Å². The van der Waals surface area contributed by atoms with Crippen molar-refractivity contribution < 1.29 is 23.8 Å². The first-order chi connectivity index (χ1) is 16.7. The van der Waals surface area contributed by atoms with Gasteiger partial charge in [-0.3, -0.25) is 14.5 Å². The van der Waals surface area contributed by atoms with Crippen molar-refractivity contribution in [3.05, 3.63) is 53.6 Å². The molecule has 8 nitrogen and oxygen atoms in total. The highest BCUT2D eigenvalue weighted by molar-refractivity contribution is 5.98. The molecule has 3 atom stereocenters. The zero-order valence-corrected chi connectivity index (χ0v) is 21.5. The Kier molecular flexibility index (Phi) is 9.12. The maximum absolute atomic E-state index is 13.3. The molecule has 1 N–H and O–H groups in total. The number of para-hydroxylation sites is 1. The summed E-state index contributed by atoms with van der Waals surface area (Å²) in [7, 11) is 5.14. The molecule has 190 valence electrons. The fourth-order valence-electron chi connectivity index (χ4n) is 4.40. The fraction of sp³-hybridized carbons (Fsp3) is 0.481. The van der Waals surface area contributed by atoms with Crippen LogP contribution in [0.25, 0.3) is 0 Å². The third-order valence-electron chi connectivity index (χ3n) is 6.46. The molecule has 3 rings (SSSR count). The zero-order valence-electron chi connectivity index (χ0n) is 21.5. The molecule has 2 amide bonds.